The molecule has 1 aromatic carbocycles. The molecule has 0 heterocycles. The normalized spacial score (nSPS) is 22.2. The van der Waals surface area contributed by atoms with Gasteiger partial charge in [0.15, 0.2) is 0 Å². The molecule has 2 rings (SSSR count). The fraction of sp³-hybridized carbons (Fsp3) is 0.462. The summed E-state index contributed by atoms with van der Waals surface area (Å²) in [7, 11) is 0. The van der Waals surface area contributed by atoms with Gasteiger partial charge in [-0.25, -0.2) is 0 Å². The number of nitrogens with one attached hydrogen (secondary N) is 1. The number of aliphatic hydroxyl groups excluding tert-OH is 1. The second-order valence-corrected chi connectivity index (χ2v) is 5.75. The summed E-state index contributed by atoms with van der Waals surface area (Å²) in [5.74, 6) is -0.337. The van der Waals surface area contributed by atoms with Crippen LogP contribution in [0.3, 0.4) is 0 Å². The van der Waals surface area contributed by atoms with E-state index >= 15 is 0 Å². The van der Waals surface area contributed by atoms with Crippen molar-refractivity contribution in [1.29, 1.82) is 0 Å². The molecular formula is C13H13BrF3NO2. The molecule has 1 fully saturated rings. The maximum absolute atomic E-state index is 12.7. The van der Waals surface area contributed by atoms with E-state index in [0.717, 1.165) is 6.07 Å². The molecule has 1 saturated carbocycles. The van der Waals surface area contributed by atoms with Crippen LogP contribution < -0.4 is 5.32 Å². The van der Waals surface area contributed by atoms with E-state index in [2.05, 4.69) is 21.2 Å². The Morgan fingerprint density at radius 2 is 2.05 bits per heavy atom. The fourth-order valence-electron chi connectivity index (χ4n) is 2.09. The average molecular weight is 352 g/mol. The Hall–Kier alpha value is -1.08. The average Bonchev–Trinajstić information content (AvgIpc) is 2.32. The van der Waals surface area contributed by atoms with E-state index in [-0.39, 0.29) is 22.1 Å². The SMILES string of the molecule is O=C(NCC1CC(O)C1)c1ccc(Br)c(C(F)(F)F)c1. The molecule has 0 bridgehead atoms. The lowest BCUT2D eigenvalue weighted by Crippen LogP contribution is -2.38. The lowest BCUT2D eigenvalue weighted by Gasteiger charge is -2.31. The fourth-order valence-corrected chi connectivity index (χ4v) is 2.56. The molecule has 3 nitrogen and oxygen atoms in total. The van der Waals surface area contributed by atoms with Gasteiger partial charge in [0.1, 0.15) is 0 Å². The number of aliphatic hydroxyl groups is 1. The first-order valence-electron chi connectivity index (χ1n) is 6.10. The van der Waals surface area contributed by atoms with Gasteiger partial charge in [-0.3, -0.25) is 4.79 Å². The molecule has 1 aromatic rings. The van der Waals surface area contributed by atoms with Crippen molar-refractivity contribution in [3.63, 3.8) is 0 Å². The van der Waals surface area contributed by atoms with Gasteiger partial charge in [-0.2, -0.15) is 13.2 Å². The number of carbonyl (C=O) groups excluding carboxylic acids is 1. The molecule has 7 heteroatoms. The molecule has 0 unspecified atom stereocenters. The van der Waals surface area contributed by atoms with E-state index in [0.29, 0.717) is 19.4 Å². The Balaban J connectivity index is 2.03. The zero-order chi connectivity index (χ0) is 14.9. The lowest BCUT2D eigenvalue weighted by atomic mass is 9.82. The van der Waals surface area contributed by atoms with Crippen molar-refractivity contribution in [2.24, 2.45) is 5.92 Å². The second kappa shape index (κ2) is 5.73. The molecule has 0 atom stereocenters. The predicted molar refractivity (Wildman–Crippen MR) is 70.2 cm³/mol. The van der Waals surface area contributed by atoms with Gasteiger partial charge in [-0.15, -0.1) is 0 Å². The maximum Gasteiger partial charge on any atom is 0.417 e. The standard InChI is InChI=1S/C13H13BrF3NO2/c14-11-2-1-8(5-10(11)13(15,16)17)12(20)18-6-7-3-9(19)4-7/h1-2,5,7,9,19H,3-4,6H2,(H,18,20). The monoisotopic (exact) mass is 351 g/mol. The largest absolute Gasteiger partial charge is 0.417 e. The van der Waals surface area contributed by atoms with Crippen LogP contribution in [0.2, 0.25) is 0 Å². The van der Waals surface area contributed by atoms with E-state index in [4.69, 9.17) is 5.11 Å². The summed E-state index contributed by atoms with van der Waals surface area (Å²) < 4.78 is 38.1. The van der Waals surface area contributed by atoms with Crippen LogP contribution in [0.25, 0.3) is 0 Å². The highest BCUT2D eigenvalue weighted by atomic mass is 79.9. The van der Waals surface area contributed by atoms with Crippen LogP contribution in [0.5, 0.6) is 0 Å². The summed E-state index contributed by atoms with van der Waals surface area (Å²) in [6.07, 6.45) is -3.59. The van der Waals surface area contributed by atoms with E-state index < -0.39 is 17.6 Å². The quantitative estimate of drug-likeness (QED) is 0.879. The van der Waals surface area contributed by atoms with Crippen molar-refractivity contribution >= 4 is 21.8 Å². The topological polar surface area (TPSA) is 49.3 Å². The third-order valence-corrected chi connectivity index (χ3v) is 3.99. The molecule has 110 valence electrons. The highest BCUT2D eigenvalue weighted by Crippen LogP contribution is 2.35. The van der Waals surface area contributed by atoms with Crippen LogP contribution in [0, 0.1) is 5.92 Å². The van der Waals surface area contributed by atoms with Crippen LogP contribution in [0.1, 0.15) is 28.8 Å². The number of carbonyl (C=O) groups is 1. The van der Waals surface area contributed by atoms with E-state index in [9.17, 15) is 18.0 Å². The lowest BCUT2D eigenvalue weighted by molar-refractivity contribution is -0.138. The molecule has 1 amide bonds. The first-order chi connectivity index (χ1) is 9.27. The number of hydrogen-bond acceptors (Lipinski definition) is 2. The minimum atomic E-state index is -4.51. The summed E-state index contributed by atoms with van der Waals surface area (Å²) in [5.41, 5.74) is -0.899. The summed E-state index contributed by atoms with van der Waals surface area (Å²) in [6, 6.07) is 3.38. The summed E-state index contributed by atoms with van der Waals surface area (Å²) in [5, 5.41) is 11.7. The third-order valence-electron chi connectivity index (χ3n) is 3.30. The smallest absolute Gasteiger partial charge is 0.393 e. The Labute approximate surface area is 122 Å². The van der Waals surface area contributed by atoms with Gasteiger partial charge >= 0.3 is 6.18 Å². The van der Waals surface area contributed by atoms with E-state index in [1.807, 2.05) is 0 Å². The molecule has 0 saturated heterocycles. The van der Waals surface area contributed by atoms with Crippen molar-refractivity contribution in [2.75, 3.05) is 6.54 Å². The number of halogens is 4. The number of alkyl halides is 3. The summed E-state index contributed by atoms with van der Waals surface area (Å²) in [6.45, 7) is 0.368. The van der Waals surface area contributed by atoms with Gasteiger partial charge in [0.25, 0.3) is 5.91 Å². The molecular weight excluding hydrogens is 339 g/mol. The first-order valence-corrected chi connectivity index (χ1v) is 6.89. The molecule has 2 N–H and O–H groups in total. The highest BCUT2D eigenvalue weighted by molar-refractivity contribution is 9.10. The Bertz CT molecular complexity index is 513. The van der Waals surface area contributed by atoms with Crippen LogP contribution in [-0.4, -0.2) is 23.7 Å². The van der Waals surface area contributed by atoms with Gasteiger partial charge in [-0.1, -0.05) is 15.9 Å². The van der Waals surface area contributed by atoms with Gasteiger partial charge in [-0.05, 0) is 37.0 Å². The van der Waals surface area contributed by atoms with Crippen LogP contribution >= 0.6 is 15.9 Å². The van der Waals surface area contributed by atoms with Crippen molar-refractivity contribution in [3.05, 3.63) is 33.8 Å². The molecule has 0 spiro atoms. The predicted octanol–water partition coefficient (Wildman–Crippen LogP) is 2.97. The minimum absolute atomic E-state index is 0.0274. The molecule has 1 aliphatic rings. The molecule has 0 aliphatic heterocycles. The Kier molecular flexibility index (Phi) is 4.39. The van der Waals surface area contributed by atoms with Crippen molar-refractivity contribution in [2.45, 2.75) is 25.1 Å². The summed E-state index contributed by atoms with van der Waals surface area (Å²) >= 11 is 2.82. The van der Waals surface area contributed by atoms with Crippen LogP contribution in [0.15, 0.2) is 22.7 Å². The highest BCUT2D eigenvalue weighted by Gasteiger charge is 2.33. The van der Waals surface area contributed by atoms with Gasteiger partial charge in [0.05, 0.1) is 11.7 Å². The molecule has 0 aromatic heterocycles. The van der Waals surface area contributed by atoms with Gasteiger partial charge in [0.2, 0.25) is 0 Å². The minimum Gasteiger partial charge on any atom is -0.393 e. The van der Waals surface area contributed by atoms with Gasteiger partial charge in [0, 0.05) is 16.6 Å². The number of amides is 1. The number of benzene rings is 1. The van der Waals surface area contributed by atoms with Crippen molar-refractivity contribution < 1.29 is 23.1 Å². The molecule has 20 heavy (non-hydrogen) atoms. The van der Waals surface area contributed by atoms with Gasteiger partial charge < -0.3 is 10.4 Å². The van der Waals surface area contributed by atoms with Crippen molar-refractivity contribution in [3.8, 4) is 0 Å². The summed E-state index contributed by atoms with van der Waals surface area (Å²) in [4.78, 5) is 11.8. The molecule has 1 aliphatic carbocycles. The zero-order valence-electron chi connectivity index (χ0n) is 10.4. The second-order valence-electron chi connectivity index (χ2n) is 4.89. The Morgan fingerprint density at radius 1 is 1.40 bits per heavy atom. The van der Waals surface area contributed by atoms with Crippen molar-refractivity contribution in [1.82, 2.24) is 5.32 Å². The number of hydrogen-bond donors (Lipinski definition) is 2. The third kappa shape index (κ3) is 3.52. The van der Waals surface area contributed by atoms with E-state index in [1.165, 1.54) is 12.1 Å². The van der Waals surface area contributed by atoms with E-state index in [1.54, 1.807) is 0 Å². The first kappa shape index (κ1) is 15.3. The Morgan fingerprint density at radius 3 is 2.60 bits per heavy atom. The van der Waals surface area contributed by atoms with Crippen LogP contribution in [-0.2, 0) is 6.18 Å². The zero-order valence-corrected chi connectivity index (χ0v) is 12.0. The maximum atomic E-state index is 12.7. The van der Waals surface area contributed by atoms with Crippen LogP contribution in [0.4, 0.5) is 13.2 Å². The molecule has 0 radical (unpaired) electrons. The number of rotatable bonds is 3.